The number of esters is 1. The van der Waals surface area contributed by atoms with Crippen molar-refractivity contribution in [2.45, 2.75) is 55.9 Å². The maximum Gasteiger partial charge on any atom is 0.310 e. The zero-order valence-electron chi connectivity index (χ0n) is 23.7. The molecule has 3 fully saturated rings. The van der Waals surface area contributed by atoms with E-state index < -0.39 is 66.8 Å². The maximum atomic E-state index is 13.4. The van der Waals surface area contributed by atoms with Gasteiger partial charge in [0.1, 0.15) is 24.4 Å². The van der Waals surface area contributed by atoms with Crippen LogP contribution >= 0.6 is 0 Å². The third-order valence-corrected chi connectivity index (χ3v) is 8.75. The topological polar surface area (TPSA) is 161 Å². The van der Waals surface area contributed by atoms with Crippen molar-refractivity contribution >= 4 is 5.97 Å². The van der Waals surface area contributed by atoms with Gasteiger partial charge >= 0.3 is 5.97 Å². The fourth-order valence-corrected chi connectivity index (χ4v) is 6.74. The summed E-state index contributed by atoms with van der Waals surface area (Å²) < 4.78 is 51.5. The standard InChI is InChI=1S/C29H32O13.Y/c1-11-36-9-20-27(40-11)24(31)25(32)29(41-20)42-26-14-7-17-16(38-10-39-17)6-13(14)21(22-15(26)8-37-28(22)33)12-4-18(34-2)23(30)19(5-12)35-3;/h4-7,11,15,20-22,24-27,29-32H,8-10H2,1-3H3;/t11-,15+,20-,21?,22+,24-,25-,26-,27-,29+;/m1./s1. The molecule has 2 aromatic carbocycles. The van der Waals surface area contributed by atoms with E-state index in [1.807, 2.05) is 0 Å². The van der Waals surface area contributed by atoms with Crippen LogP contribution in [0.3, 0.4) is 0 Å². The van der Waals surface area contributed by atoms with Crippen LogP contribution in [-0.4, -0.2) is 92.5 Å². The number of aliphatic hydroxyl groups excluding tert-OH is 2. The van der Waals surface area contributed by atoms with Crippen molar-refractivity contribution in [2.24, 2.45) is 11.8 Å². The van der Waals surface area contributed by atoms with Gasteiger partial charge in [0, 0.05) is 44.5 Å². The first-order chi connectivity index (χ1) is 20.3. The fraction of sp³-hybridized carbons (Fsp3) is 0.552. The zero-order valence-corrected chi connectivity index (χ0v) is 26.5. The number of aromatic hydroxyl groups is 1. The Bertz CT molecular complexity index is 1360. The van der Waals surface area contributed by atoms with Gasteiger partial charge in [0.05, 0.1) is 39.5 Å². The summed E-state index contributed by atoms with van der Waals surface area (Å²) in [4.78, 5) is 13.4. The molecule has 5 aliphatic rings. The van der Waals surface area contributed by atoms with E-state index >= 15 is 0 Å². The third-order valence-electron chi connectivity index (χ3n) is 8.75. The number of carbonyl (C=O) groups is 1. The minimum atomic E-state index is -1.44. The molecule has 14 heteroatoms. The summed E-state index contributed by atoms with van der Waals surface area (Å²) >= 11 is 0. The smallest absolute Gasteiger partial charge is 0.310 e. The van der Waals surface area contributed by atoms with Gasteiger partial charge in [-0.3, -0.25) is 4.79 Å². The second-order valence-electron chi connectivity index (χ2n) is 11.0. The molecule has 4 heterocycles. The van der Waals surface area contributed by atoms with Gasteiger partial charge in [-0.05, 0) is 47.9 Å². The summed E-state index contributed by atoms with van der Waals surface area (Å²) in [7, 11) is 2.86. The number of rotatable bonds is 5. The number of ether oxygens (including phenoxy) is 9. The normalized spacial score (nSPS) is 35.6. The van der Waals surface area contributed by atoms with Crippen molar-refractivity contribution in [3.05, 3.63) is 41.0 Å². The van der Waals surface area contributed by atoms with E-state index in [0.29, 0.717) is 28.2 Å². The molecule has 0 spiro atoms. The van der Waals surface area contributed by atoms with Crippen molar-refractivity contribution < 1.29 is 95.5 Å². The van der Waals surface area contributed by atoms with Gasteiger partial charge in [0.2, 0.25) is 12.5 Å². The van der Waals surface area contributed by atoms with Crippen LogP contribution in [0, 0.1) is 11.8 Å². The molecule has 3 saturated heterocycles. The van der Waals surface area contributed by atoms with Gasteiger partial charge in [-0.1, -0.05) is 0 Å². The first-order valence-electron chi connectivity index (χ1n) is 13.8. The van der Waals surface area contributed by atoms with E-state index in [2.05, 4.69) is 0 Å². The van der Waals surface area contributed by atoms with Crippen LogP contribution in [0.5, 0.6) is 28.7 Å². The maximum absolute atomic E-state index is 13.4. The van der Waals surface area contributed by atoms with Crippen molar-refractivity contribution in [1.29, 1.82) is 0 Å². The molecule has 13 nitrogen and oxygen atoms in total. The number of benzene rings is 2. The molecule has 0 saturated carbocycles. The number of hydrogen-bond donors (Lipinski definition) is 3. The summed E-state index contributed by atoms with van der Waals surface area (Å²) in [6, 6.07) is 6.93. The van der Waals surface area contributed by atoms with Gasteiger partial charge in [0.15, 0.2) is 35.6 Å². The molecule has 0 amide bonds. The molecule has 43 heavy (non-hydrogen) atoms. The molecule has 10 atom stereocenters. The summed E-state index contributed by atoms with van der Waals surface area (Å²) in [6.07, 6.45) is -6.80. The average Bonchev–Trinajstić information content (AvgIpc) is 3.61. The number of phenols is 1. The SMILES string of the molecule is COc1cc(C2c3cc4c(cc3[C@@H](O[C@@H]3O[C@@H]5CO[C@@H](C)O[C@H]5[C@H](O)[C@H]3O)[C@H]3COC(=O)[C@H]23)OCO4)cc(OC)c1O.[Y]. The van der Waals surface area contributed by atoms with Crippen LogP contribution < -0.4 is 18.9 Å². The second-order valence-corrected chi connectivity index (χ2v) is 11.0. The summed E-state index contributed by atoms with van der Waals surface area (Å²) in [5, 5.41) is 32.5. The number of phenolic OH excluding ortho intramolecular Hbond substituents is 1. The van der Waals surface area contributed by atoms with Crippen LogP contribution in [0.2, 0.25) is 0 Å². The molecule has 1 aliphatic carbocycles. The van der Waals surface area contributed by atoms with Gasteiger partial charge in [-0.25, -0.2) is 0 Å². The van der Waals surface area contributed by atoms with Crippen molar-refractivity contribution in [2.75, 3.05) is 34.2 Å². The third kappa shape index (κ3) is 5.07. The Labute approximate surface area is 272 Å². The van der Waals surface area contributed by atoms with Crippen molar-refractivity contribution in [3.8, 4) is 28.7 Å². The van der Waals surface area contributed by atoms with E-state index in [1.165, 1.54) is 14.2 Å². The van der Waals surface area contributed by atoms with Crippen LogP contribution in [0.15, 0.2) is 24.3 Å². The molecular formula is C29H32O13Y. The molecule has 0 aromatic heterocycles. The quantitative estimate of drug-likeness (QED) is 0.390. The van der Waals surface area contributed by atoms with E-state index in [1.54, 1.807) is 31.2 Å². The Morgan fingerprint density at radius 1 is 0.884 bits per heavy atom. The largest absolute Gasteiger partial charge is 0.502 e. The van der Waals surface area contributed by atoms with Crippen LogP contribution in [0.1, 0.15) is 35.6 Å². The molecular weight excluding hydrogens is 645 g/mol. The predicted molar refractivity (Wildman–Crippen MR) is 138 cm³/mol. The second kappa shape index (κ2) is 11.9. The molecule has 1 radical (unpaired) electrons. The van der Waals surface area contributed by atoms with Crippen molar-refractivity contribution in [3.63, 3.8) is 0 Å². The van der Waals surface area contributed by atoms with Crippen LogP contribution in [0.4, 0.5) is 0 Å². The Kier molecular flexibility index (Phi) is 8.55. The van der Waals surface area contributed by atoms with Crippen LogP contribution in [-0.2, 0) is 61.2 Å². The number of carbonyl (C=O) groups excluding carboxylic acids is 1. The molecule has 7 rings (SSSR count). The Balaban J connectivity index is 0.00000329. The summed E-state index contributed by atoms with van der Waals surface area (Å²) in [6.45, 7) is 1.93. The predicted octanol–water partition coefficient (Wildman–Crippen LogP) is 1.34. The molecule has 2 aromatic rings. The Hall–Kier alpha value is -2.23. The molecule has 0 bridgehead atoms. The van der Waals surface area contributed by atoms with E-state index in [0.717, 1.165) is 0 Å². The Morgan fingerprint density at radius 3 is 2.23 bits per heavy atom. The van der Waals surface area contributed by atoms with E-state index in [-0.39, 0.29) is 70.0 Å². The molecule has 1 unspecified atom stereocenters. The fourth-order valence-electron chi connectivity index (χ4n) is 6.74. The van der Waals surface area contributed by atoms with E-state index in [9.17, 15) is 20.1 Å². The van der Waals surface area contributed by atoms with E-state index in [4.69, 9.17) is 42.6 Å². The number of aliphatic hydroxyl groups is 2. The van der Waals surface area contributed by atoms with Gasteiger partial charge in [-0.2, -0.15) is 0 Å². The number of fused-ring (bicyclic) bond motifs is 4. The Morgan fingerprint density at radius 2 is 1.56 bits per heavy atom. The molecule has 3 N–H and O–H groups in total. The van der Waals surface area contributed by atoms with Gasteiger partial charge in [0.25, 0.3) is 0 Å². The zero-order chi connectivity index (χ0) is 29.3. The average molecular weight is 677 g/mol. The first kappa shape index (κ1) is 30.8. The molecule has 4 aliphatic heterocycles. The summed E-state index contributed by atoms with van der Waals surface area (Å²) in [5.41, 5.74) is 2.01. The minimum Gasteiger partial charge on any atom is -0.502 e. The van der Waals surface area contributed by atoms with Crippen LogP contribution in [0.25, 0.3) is 0 Å². The van der Waals surface area contributed by atoms with Gasteiger partial charge < -0.3 is 58.0 Å². The molecule has 229 valence electrons. The summed E-state index contributed by atoms with van der Waals surface area (Å²) in [5.74, 6) is -1.02. The van der Waals surface area contributed by atoms with Crippen molar-refractivity contribution in [1.82, 2.24) is 0 Å². The number of methoxy groups -OCH3 is 2. The van der Waals surface area contributed by atoms with Gasteiger partial charge in [-0.15, -0.1) is 0 Å². The number of cyclic esters (lactones) is 1. The number of hydrogen-bond acceptors (Lipinski definition) is 13. The monoisotopic (exact) mass is 677 g/mol. The minimum absolute atomic E-state index is 0. The first-order valence-corrected chi connectivity index (χ1v) is 13.8.